The molecule has 0 aliphatic carbocycles. The van der Waals surface area contributed by atoms with Crippen LogP contribution in [0, 0.1) is 5.21 Å². The van der Waals surface area contributed by atoms with Gasteiger partial charge in [-0.15, -0.1) is 0 Å². The number of hydrogen-bond acceptors (Lipinski definition) is 3. The van der Waals surface area contributed by atoms with E-state index in [1.54, 1.807) is 6.92 Å². The van der Waals surface area contributed by atoms with Gasteiger partial charge in [-0.3, -0.25) is 4.47 Å². The Morgan fingerprint density at radius 1 is 1.38 bits per heavy atom. The number of sulfonamides is 1. The highest BCUT2D eigenvalue weighted by molar-refractivity contribution is 7.90. The Morgan fingerprint density at radius 2 is 1.85 bits per heavy atom. The molecule has 0 aliphatic heterocycles. The maximum absolute atomic E-state index is 11.7. The van der Waals surface area contributed by atoms with Crippen LogP contribution < -0.4 is 0 Å². The van der Waals surface area contributed by atoms with Crippen molar-refractivity contribution in [1.82, 2.24) is 4.47 Å². The molecular weight excluding hydrogens is 211 g/mol. The highest BCUT2D eigenvalue weighted by Crippen LogP contribution is 2.26. The van der Waals surface area contributed by atoms with E-state index >= 15 is 0 Å². The minimum atomic E-state index is -5.67. The maximum atomic E-state index is 11.7. The molecule has 0 spiro atoms. The first kappa shape index (κ1) is 12.7. The zero-order valence-electron chi connectivity index (χ0n) is 6.84. The molecule has 0 aromatic rings. The standard InChI is InChI=1S/C5H9F3NO3S/c1-2-3-4-9(10)13(11,12)5(6,7)8/h2-4H2,1H3/q-1. The predicted molar refractivity (Wildman–Crippen MR) is 40.0 cm³/mol. The van der Waals surface area contributed by atoms with Gasteiger partial charge in [0.05, 0.1) is 0 Å². The lowest BCUT2D eigenvalue weighted by atomic mass is 10.3. The average molecular weight is 220 g/mol. The smallest absolute Gasteiger partial charge is 0.510 e. The topological polar surface area (TPSA) is 60.4 Å². The quantitative estimate of drug-likeness (QED) is 0.673. The molecule has 0 bridgehead atoms. The van der Waals surface area contributed by atoms with Crippen LogP contribution in [0.15, 0.2) is 0 Å². The highest BCUT2D eigenvalue weighted by Gasteiger charge is 2.46. The summed E-state index contributed by atoms with van der Waals surface area (Å²) in [7, 11) is -5.67. The summed E-state index contributed by atoms with van der Waals surface area (Å²) in [6.07, 6.45) is 0.560. The molecule has 0 rings (SSSR count). The van der Waals surface area contributed by atoms with Crippen LogP contribution in [0.1, 0.15) is 19.8 Å². The Labute approximate surface area is 74.0 Å². The predicted octanol–water partition coefficient (Wildman–Crippen LogP) is 1.44. The summed E-state index contributed by atoms with van der Waals surface area (Å²) >= 11 is 0. The molecule has 0 saturated carbocycles. The van der Waals surface area contributed by atoms with E-state index in [0.29, 0.717) is 6.42 Å². The van der Waals surface area contributed by atoms with Crippen LogP contribution in [0.3, 0.4) is 0 Å². The number of halogens is 3. The molecule has 0 atom stereocenters. The lowest BCUT2D eigenvalue weighted by molar-refractivity contribution is -0.0477. The average Bonchev–Trinajstić information content (AvgIpc) is 1.97. The molecule has 0 unspecified atom stereocenters. The van der Waals surface area contributed by atoms with Crippen LogP contribution in [-0.4, -0.2) is 24.9 Å². The molecule has 0 heterocycles. The van der Waals surface area contributed by atoms with Crippen LogP contribution in [0.5, 0.6) is 0 Å². The lowest BCUT2D eigenvalue weighted by Gasteiger charge is -2.27. The Balaban J connectivity index is 4.48. The second-order valence-electron chi connectivity index (χ2n) is 2.33. The van der Waals surface area contributed by atoms with E-state index in [1.165, 1.54) is 0 Å². The van der Waals surface area contributed by atoms with Crippen molar-refractivity contribution in [1.29, 1.82) is 0 Å². The molecule has 0 aromatic carbocycles. The first-order valence-corrected chi connectivity index (χ1v) is 4.93. The normalized spacial score (nSPS) is 13.7. The van der Waals surface area contributed by atoms with Crippen molar-refractivity contribution < 1.29 is 21.6 Å². The Hall–Kier alpha value is -0.340. The third-order valence-corrected chi connectivity index (χ3v) is 2.56. The molecule has 8 heteroatoms. The zero-order valence-corrected chi connectivity index (χ0v) is 7.65. The molecular formula is C5H9F3NO3S-. The van der Waals surface area contributed by atoms with Gasteiger partial charge >= 0.3 is 15.5 Å². The number of hydrogen-bond donors (Lipinski definition) is 0. The molecule has 0 amide bonds. The Morgan fingerprint density at radius 3 is 2.15 bits per heavy atom. The van der Waals surface area contributed by atoms with Crippen molar-refractivity contribution in [2.24, 2.45) is 0 Å². The van der Waals surface area contributed by atoms with Gasteiger partial charge in [-0.1, -0.05) is 13.3 Å². The fraction of sp³-hybridized carbons (Fsp3) is 1.00. The molecule has 0 aliphatic rings. The van der Waals surface area contributed by atoms with Gasteiger partial charge in [0.1, 0.15) is 0 Å². The minimum absolute atomic E-state index is 0.110. The van der Waals surface area contributed by atoms with Gasteiger partial charge in [-0.25, -0.2) is 8.42 Å². The van der Waals surface area contributed by atoms with Crippen molar-refractivity contribution in [2.75, 3.05) is 6.54 Å². The molecule has 0 aromatic heterocycles. The fourth-order valence-corrected chi connectivity index (χ4v) is 1.12. The number of unbranched alkanes of at least 4 members (excludes halogenated alkanes) is 1. The minimum Gasteiger partial charge on any atom is -0.772 e. The van der Waals surface area contributed by atoms with E-state index in [2.05, 4.69) is 0 Å². The molecule has 4 nitrogen and oxygen atoms in total. The van der Waals surface area contributed by atoms with Gasteiger partial charge in [0.2, 0.25) is 0 Å². The van der Waals surface area contributed by atoms with Crippen LogP contribution in [0.25, 0.3) is 0 Å². The fourth-order valence-electron chi connectivity index (χ4n) is 0.523. The van der Waals surface area contributed by atoms with E-state index in [1.807, 2.05) is 0 Å². The number of nitrogens with zero attached hydrogens (tertiary/aromatic N) is 1. The first-order valence-electron chi connectivity index (χ1n) is 3.49. The summed E-state index contributed by atoms with van der Waals surface area (Å²) in [6.45, 7) is 0.979. The van der Waals surface area contributed by atoms with Gasteiger partial charge < -0.3 is 5.21 Å². The van der Waals surface area contributed by atoms with Crippen molar-refractivity contribution in [3.05, 3.63) is 5.21 Å². The number of hydroxylamine groups is 1. The monoisotopic (exact) mass is 220 g/mol. The van der Waals surface area contributed by atoms with Crippen LogP contribution in [0.4, 0.5) is 13.2 Å². The van der Waals surface area contributed by atoms with Crippen molar-refractivity contribution in [3.63, 3.8) is 0 Å². The first-order chi connectivity index (χ1) is 5.73. The lowest BCUT2D eigenvalue weighted by Crippen LogP contribution is -2.37. The molecule has 0 fully saturated rings. The van der Waals surface area contributed by atoms with Crippen LogP contribution in [0.2, 0.25) is 0 Å². The van der Waals surface area contributed by atoms with E-state index in [-0.39, 0.29) is 6.42 Å². The number of rotatable bonds is 4. The summed E-state index contributed by atoms with van der Waals surface area (Å²) in [4.78, 5) is 0. The third-order valence-electron chi connectivity index (χ3n) is 1.25. The maximum Gasteiger partial charge on any atom is 0.510 e. The van der Waals surface area contributed by atoms with Crippen molar-refractivity contribution in [3.8, 4) is 0 Å². The zero-order chi connectivity index (χ0) is 10.7. The summed E-state index contributed by atoms with van der Waals surface area (Å²) in [6, 6.07) is 0. The molecule has 13 heavy (non-hydrogen) atoms. The van der Waals surface area contributed by atoms with Gasteiger partial charge in [-0.05, 0) is 6.42 Å². The Kier molecular flexibility index (Phi) is 4.14. The Bertz CT molecular complexity index is 248. The summed E-state index contributed by atoms with van der Waals surface area (Å²) in [5, 5.41) is 10.5. The molecule has 0 radical (unpaired) electrons. The van der Waals surface area contributed by atoms with E-state index in [9.17, 15) is 26.8 Å². The second kappa shape index (κ2) is 4.25. The summed E-state index contributed by atoms with van der Waals surface area (Å²) in [5.74, 6) is 0. The molecule has 0 saturated heterocycles. The van der Waals surface area contributed by atoms with E-state index in [4.69, 9.17) is 0 Å². The van der Waals surface area contributed by atoms with Crippen molar-refractivity contribution in [2.45, 2.75) is 25.3 Å². The molecule has 80 valence electrons. The summed E-state index contributed by atoms with van der Waals surface area (Å²) in [5.41, 5.74) is -5.50. The number of alkyl halides is 3. The van der Waals surface area contributed by atoms with Crippen LogP contribution in [-0.2, 0) is 10.0 Å². The van der Waals surface area contributed by atoms with Gasteiger partial charge in [0, 0.05) is 6.54 Å². The van der Waals surface area contributed by atoms with E-state index in [0.717, 1.165) is 0 Å². The van der Waals surface area contributed by atoms with Crippen molar-refractivity contribution >= 4 is 10.0 Å². The van der Waals surface area contributed by atoms with Crippen LogP contribution >= 0.6 is 0 Å². The largest absolute Gasteiger partial charge is 0.772 e. The SMILES string of the molecule is CCCCN([O-])S(=O)(=O)C(F)(F)F. The van der Waals surface area contributed by atoms with Gasteiger partial charge in [-0.2, -0.15) is 13.2 Å². The summed E-state index contributed by atoms with van der Waals surface area (Å²) < 4.78 is 54.8. The van der Waals surface area contributed by atoms with Gasteiger partial charge in [0.25, 0.3) is 0 Å². The van der Waals surface area contributed by atoms with Gasteiger partial charge in [0.15, 0.2) is 0 Å². The highest BCUT2D eigenvalue weighted by atomic mass is 32.2. The second-order valence-corrected chi connectivity index (χ2v) is 4.15. The third kappa shape index (κ3) is 3.12. The van der Waals surface area contributed by atoms with E-state index < -0.39 is 26.5 Å². The molecule has 0 N–H and O–H groups in total.